The summed E-state index contributed by atoms with van der Waals surface area (Å²) in [5.41, 5.74) is 2.95. The van der Waals surface area contributed by atoms with Crippen LogP contribution in [0.5, 0.6) is 5.75 Å². The fraction of sp³-hybridized carbons (Fsp3) is 0.190. The molecule has 0 atom stereocenters. The molecule has 7 nitrogen and oxygen atoms in total. The summed E-state index contributed by atoms with van der Waals surface area (Å²) in [5, 5.41) is 9.45. The lowest BCUT2D eigenvalue weighted by Gasteiger charge is -2.19. The van der Waals surface area contributed by atoms with Gasteiger partial charge in [0.1, 0.15) is 5.75 Å². The van der Waals surface area contributed by atoms with Crippen molar-refractivity contribution in [1.29, 1.82) is 0 Å². The van der Waals surface area contributed by atoms with Crippen LogP contribution in [0.3, 0.4) is 0 Å². The molecular weight excluding hydrogens is 424 g/mol. The zero-order valence-electron chi connectivity index (χ0n) is 16.1. The number of aryl methyl sites for hydroxylation is 1. The first kappa shape index (κ1) is 20.2. The summed E-state index contributed by atoms with van der Waals surface area (Å²) < 4.78 is 5.35. The Labute approximate surface area is 182 Å². The van der Waals surface area contributed by atoms with Gasteiger partial charge in [-0.15, -0.1) is 11.3 Å². The van der Waals surface area contributed by atoms with Crippen molar-refractivity contribution in [3.8, 4) is 17.0 Å². The first-order valence-electron chi connectivity index (χ1n) is 9.32. The maximum atomic E-state index is 12.3. The van der Waals surface area contributed by atoms with Crippen molar-refractivity contribution < 1.29 is 14.3 Å². The standard InChI is InChI=1S/C21H19ClN4O3S/c1-12-20(13-5-3-2-4-6-13)26-19(30-12)7-8-23-21(28)25-15-10-17-16(9-14(15)22)24-18(27)11-29-17/h2-6,9-10H,7-8,11H2,1H3,(H,24,27)(H2,23,25,28). The number of rotatable bonds is 5. The molecule has 3 amide bonds. The average Bonchev–Trinajstić information content (AvgIpc) is 3.10. The van der Waals surface area contributed by atoms with Gasteiger partial charge in [-0.1, -0.05) is 41.9 Å². The number of halogens is 1. The van der Waals surface area contributed by atoms with Crippen LogP contribution in [0, 0.1) is 6.92 Å². The van der Waals surface area contributed by atoms with E-state index in [0.717, 1.165) is 21.1 Å². The number of carbonyl (C=O) groups excluding carboxylic acids is 2. The quantitative estimate of drug-likeness (QED) is 0.543. The summed E-state index contributed by atoms with van der Waals surface area (Å²) in [6.45, 7) is 2.41. The Balaban J connectivity index is 1.33. The number of hydrogen-bond donors (Lipinski definition) is 3. The van der Waals surface area contributed by atoms with Crippen LogP contribution < -0.4 is 20.7 Å². The number of hydrogen-bond acceptors (Lipinski definition) is 5. The summed E-state index contributed by atoms with van der Waals surface area (Å²) >= 11 is 7.83. The summed E-state index contributed by atoms with van der Waals surface area (Å²) in [5.74, 6) is 0.214. The maximum absolute atomic E-state index is 12.3. The lowest BCUT2D eigenvalue weighted by atomic mass is 10.1. The van der Waals surface area contributed by atoms with Gasteiger partial charge in [-0.2, -0.15) is 0 Å². The van der Waals surface area contributed by atoms with Gasteiger partial charge in [-0.05, 0) is 13.0 Å². The number of urea groups is 1. The molecule has 1 aliphatic rings. The molecule has 0 fully saturated rings. The van der Waals surface area contributed by atoms with Crippen LogP contribution in [0.15, 0.2) is 42.5 Å². The zero-order valence-corrected chi connectivity index (χ0v) is 17.7. The van der Waals surface area contributed by atoms with Crippen molar-refractivity contribution >= 4 is 46.3 Å². The molecule has 0 bridgehead atoms. The van der Waals surface area contributed by atoms with E-state index in [0.29, 0.717) is 35.1 Å². The fourth-order valence-corrected chi connectivity index (χ4v) is 4.23. The third-order valence-corrected chi connectivity index (χ3v) is 5.81. The van der Waals surface area contributed by atoms with Crippen LogP contribution in [0.4, 0.5) is 16.2 Å². The maximum Gasteiger partial charge on any atom is 0.319 e. The number of ether oxygens (including phenoxy) is 1. The van der Waals surface area contributed by atoms with E-state index in [4.69, 9.17) is 21.3 Å². The van der Waals surface area contributed by atoms with E-state index in [1.165, 1.54) is 0 Å². The Bertz CT molecular complexity index is 1100. The van der Waals surface area contributed by atoms with E-state index in [1.54, 1.807) is 23.5 Å². The van der Waals surface area contributed by atoms with Gasteiger partial charge in [0, 0.05) is 29.5 Å². The summed E-state index contributed by atoms with van der Waals surface area (Å²) in [6.07, 6.45) is 0.624. The van der Waals surface area contributed by atoms with Crippen LogP contribution in [0.2, 0.25) is 5.02 Å². The number of fused-ring (bicyclic) bond motifs is 1. The molecule has 4 rings (SSSR count). The van der Waals surface area contributed by atoms with Gasteiger partial charge in [-0.3, -0.25) is 4.79 Å². The summed E-state index contributed by atoms with van der Waals surface area (Å²) in [7, 11) is 0. The van der Waals surface area contributed by atoms with E-state index in [-0.39, 0.29) is 18.5 Å². The highest BCUT2D eigenvalue weighted by Crippen LogP contribution is 2.36. The summed E-state index contributed by atoms with van der Waals surface area (Å²) in [4.78, 5) is 29.5. The number of nitrogens with one attached hydrogen (secondary N) is 3. The number of thiazole rings is 1. The Kier molecular flexibility index (Phi) is 5.87. The minimum Gasteiger partial charge on any atom is -0.482 e. The van der Waals surface area contributed by atoms with Crippen molar-refractivity contribution in [3.05, 3.63) is 57.4 Å². The van der Waals surface area contributed by atoms with Crippen molar-refractivity contribution in [2.75, 3.05) is 23.8 Å². The Morgan fingerprint density at radius 3 is 2.90 bits per heavy atom. The van der Waals surface area contributed by atoms with Crippen molar-refractivity contribution in [2.24, 2.45) is 0 Å². The third-order valence-electron chi connectivity index (χ3n) is 4.46. The van der Waals surface area contributed by atoms with Crippen molar-refractivity contribution in [2.45, 2.75) is 13.3 Å². The largest absolute Gasteiger partial charge is 0.482 e. The van der Waals surface area contributed by atoms with Crippen LogP contribution in [0.1, 0.15) is 9.88 Å². The first-order valence-corrected chi connectivity index (χ1v) is 10.5. The topological polar surface area (TPSA) is 92.4 Å². The SMILES string of the molecule is Cc1sc(CCNC(=O)Nc2cc3c(cc2Cl)NC(=O)CO3)nc1-c1ccccc1. The summed E-state index contributed by atoms with van der Waals surface area (Å²) in [6, 6.07) is 12.8. The molecule has 0 radical (unpaired) electrons. The van der Waals surface area contributed by atoms with E-state index in [2.05, 4.69) is 16.0 Å². The zero-order chi connectivity index (χ0) is 21.1. The second-order valence-corrected chi connectivity index (χ2v) is 8.37. The molecule has 1 aromatic heterocycles. The Morgan fingerprint density at radius 1 is 1.30 bits per heavy atom. The van der Waals surface area contributed by atoms with Gasteiger partial charge in [0.05, 0.1) is 27.1 Å². The Hall–Kier alpha value is -3.10. The van der Waals surface area contributed by atoms with E-state index >= 15 is 0 Å². The van der Waals surface area contributed by atoms with Gasteiger partial charge in [0.2, 0.25) is 0 Å². The number of benzene rings is 2. The molecule has 3 aromatic rings. The van der Waals surface area contributed by atoms with E-state index < -0.39 is 0 Å². The monoisotopic (exact) mass is 442 g/mol. The molecule has 3 N–H and O–H groups in total. The molecule has 30 heavy (non-hydrogen) atoms. The van der Waals surface area contributed by atoms with Gasteiger partial charge in [0.15, 0.2) is 6.61 Å². The Morgan fingerprint density at radius 2 is 2.10 bits per heavy atom. The highest BCUT2D eigenvalue weighted by Gasteiger charge is 2.19. The van der Waals surface area contributed by atoms with Crippen molar-refractivity contribution in [3.63, 3.8) is 0 Å². The highest BCUT2D eigenvalue weighted by atomic mass is 35.5. The minimum absolute atomic E-state index is 0.0710. The molecule has 9 heteroatoms. The van der Waals surface area contributed by atoms with Gasteiger partial charge in [0.25, 0.3) is 5.91 Å². The first-order chi connectivity index (χ1) is 14.5. The second-order valence-electron chi connectivity index (χ2n) is 6.67. The molecule has 2 aromatic carbocycles. The highest BCUT2D eigenvalue weighted by molar-refractivity contribution is 7.12. The molecule has 0 aliphatic carbocycles. The molecule has 2 heterocycles. The number of amides is 3. The van der Waals surface area contributed by atoms with Crippen LogP contribution in [-0.2, 0) is 11.2 Å². The van der Waals surface area contributed by atoms with Crippen molar-refractivity contribution in [1.82, 2.24) is 10.3 Å². The van der Waals surface area contributed by atoms with Crippen LogP contribution >= 0.6 is 22.9 Å². The van der Waals surface area contributed by atoms with Gasteiger partial charge in [-0.25, -0.2) is 9.78 Å². The van der Waals surface area contributed by atoms with E-state index in [1.807, 2.05) is 37.3 Å². The number of anilines is 2. The van der Waals surface area contributed by atoms with Gasteiger partial charge < -0.3 is 20.7 Å². The molecule has 1 aliphatic heterocycles. The molecular formula is C21H19ClN4O3S. The molecule has 0 saturated heterocycles. The lowest BCUT2D eigenvalue weighted by molar-refractivity contribution is -0.118. The normalized spacial score (nSPS) is 12.5. The molecule has 0 spiro atoms. The molecule has 154 valence electrons. The molecule has 0 unspecified atom stereocenters. The minimum atomic E-state index is -0.381. The van der Waals surface area contributed by atoms with E-state index in [9.17, 15) is 9.59 Å². The van der Waals surface area contributed by atoms with Gasteiger partial charge >= 0.3 is 6.03 Å². The fourth-order valence-electron chi connectivity index (χ4n) is 3.07. The predicted molar refractivity (Wildman–Crippen MR) is 119 cm³/mol. The predicted octanol–water partition coefficient (Wildman–Crippen LogP) is 4.47. The van der Waals surface area contributed by atoms with Crippen LogP contribution in [0.25, 0.3) is 11.3 Å². The average molecular weight is 443 g/mol. The lowest BCUT2D eigenvalue weighted by Crippen LogP contribution is -2.31. The second kappa shape index (κ2) is 8.73. The van der Waals surface area contributed by atoms with Crippen LogP contribution in [-0.4, -0.2) is 30.1 Å². The smallest absolute Gasteiger partial charge is 0.319 e. The molecule has 0 saturated carbocycles. The third kappa shape index (κ3) is 4.55. The number of aromatic nitrogens is 1. The number of nitrogens with zero attached hydrogens (tertiary/aromatic N) is 1. The number of carbonyl (C=O) groups is 2.